The molecule has 1 aromatic carbocycles. The highest BCUT2D eigenvalue weighted by molar-refractivity contribution is 14.1. The number of rotatable bonds is 3. The molecule has 1 aliphatic heterocycles. The van der Waals surface area contributed by atoms with Gasteiger partial charge in [0.2, 0.25) is 0 Å². The van der Waals surface area contributed by atoms with E-state index < -0.39 is 18.5 Å². The Morgan fingerprint density at radius 3 is 2.71 bits per heavy atom. The van der Waals surface area contributed by atoms with E-state index in [1.807, 2.05) is 52.9 Å². The van der Waals surface area contributed by atoms with E-state index in [4.69, 9.17) is 9.47 Å². The lowest BCUT2D eigenvalue weighted by Gasteiger charge is -2.34. The molecule has 4 nitrogen and oxygen atoms in total. The molecule has 0 bridgehead atoms. The third-order valence-corrected chi connectivity index (χ3v) is 4.23. The average Bonchev–Trinajstić information content (AvgIpc) is 2.36. The second-order valence-electron chi connectivity index (χ2n) is 4.00. The second kappa shape index (κ2) is 6.10. The van der Waals surface area contributed by atoms with Crippen LogP contribution in [0.1, 0.15) is 5.56 Å². The highest BCUT2D eigenvalue weighted by atomic mass is 127. The van der Waals surface area contributed by atoms with Crippen LogP contribution in [-0.4, -0.2) is 39.2 Å². The maximum Gasteiger partial charge on any atom is 0.185 e. The Morgan fingerprint density at radius 1 is 1.29 bits per heavy atom. The smallest absolute Gasteiger partial charge is 0.185 e. The molecule has 0 radical (unpaired) electrons. The van der Waals surface area contributed by atoms with Crippen LogP contribution in [0.5, 0.6) is 0 Å². The van der Waals surface area contributed by atoms with E-state index in [1.54, 1.807) is 0 Å². The molecule has 0 amide bonds. The molecule has 1 saturated heterocycles. The zero-order valence-electron chi connectivity index (χ0n) is 9.20. The molecule has 2 rings (SSSR count). The molecule has 0 saturated carbocycles. The van der Waals surface area contributed by atoms with E-state index in [-0.39, 0.29) is 10.5 Å². The standard InChI is InChI=1S/C12H15IO4/c13-10-9(14)7-17-12(11(10)15)16-6-8-4-2-1-3-5-8/h1-5,9-12,14-15H,6-7H2/t9-,10+,11-,12-/m0/s1. The first-order valence-corrected chi connectivity index (χ1v) is 6.70. The number of halogens is 1. The Kier molecular flexibility index (Phi) is 4.75. The van der Waals surface area contributed by atoms with Crippen LogP contribution in [0.15, 0.2) is 30.3 Å². The molecular weight excluding hydrogens is 335 g/mol. The lowest BCUT2D eigenvalue weighted by atomic mass is 10.1. The molecule has 2 N–H and O–H groups in total. The van der Waals surface area contributed by atoms with Crippen molar-refractivity contribution in [3.8, 4) is 0 Å². The summed E-state index contributed by atoms with van der Waals surface area (Å²) in [5.41, 5.74) is 1.03. The van der Waals surface area contributed by atoms with Crippen molar-refractivity contribution in [3.63, 3.8) is 0 Å². The summed E-state index contributed by atoms with van der Waals surface area (Å²) in [6.45, 7) is 0.589. The normalized spacial score (nSPS) is 33.6. The summed E-state index contributed by atoms with van der Waals surface area (Å²) in [7, 11) is 0. The van der Waals surface area contributed by atoms with Crippen LogP contribution in [0, 0.1) is 0 Å². The summed E-state index contributed by atoms with van der Waals surface area (Å²) >= 11 is 2.02. The maximum absolute atomic E-state index is 9.87. The minimum Gasteiger partial charge on any atom is -0.390 e. The molecule has 0 spiro atoms. The quantitative estimate of drug-likeness (QED) is 0.633. The predicted molar refractivity (Wildman–Crippen MR) is 70.8 cm³/mol. The van der Waals surface area contributed by atoms with E-state index in [2.05, 4.69) is 0 Å². The largest absolute Gasteiger partial charge is 0.390 e. The third-order valence-electron chi connectivity index (χ3n) is 2.66. The Balaban J connectivity index is 1.87. The van der Waals surface area contributed by atoms with Gasteiger partial charge in [0.25, 0.3) is 0 Å². The van der Waals surface area contributed by atoms with Gasteiger partial charge < -0.3 is 19.7 Å². The summed E-state index contributed by atoms with van der Waals surface area (Å²) < 4.78 is 10.5. The summed E-state index contributed by atoms with van der Waals surface area (Å²) in [6, 6.07) is 9.70. The lowest BCUT2D eigenvalue weighted by molar-refractivity contribution is -0.235. The molecular formula is C12H15IO4. The predicted octanol–water partition coefficient (Wildman–Crippen LogP) is 1.08. The number of aliphatic hydroxyl groups is 2. The first-order valence-electron chi connectivity index (χ1n) is 5.46. The topological polar surface area (TPSA) is 58.9 Å². The highest BCUT2D eigenvalue weighted by Gasteiger charge is 2.37. The van der Waals surface area contributed by atoms with Gasteiger partial charge in [0.15, 0.2) is 6.29 Å². The van der Waals surface area contributed by atoms with Crippen molar-refractivity contribution in [3.05, 3.63) is 35.9 Å². The highest BCUT2D eigenvalue weighted by Crippen LogP contribution is 2.23. The zero-order valence-corrected chi connectivity index (χ0v) is 11.4. The molecule has 0 aromatic heterocycles. The Bertz CT molecular complexity index is 346. The Hall–Kier alpha value is -0.210. The van der Waals surface area contributed by atoms with Gasteiger partial charge in [0.1, 0.15) is 6.10 Å². The van der Waals surface area contributed by atoms with Crippen LogP contribution in [-0.2, 0) is 16.1 Å². The fraction of sp³-hybridized carbons (Fsp3) is 0.500. The first-order chi connectivity index (χ1) is 8.18. The number of hydrogen-bond acceptors (Lipinski definition) is 4. The molecule has 4 atom stereocenters. The van der Waals surface area contributed by atoms with Gasteiger partial charge in [-0.15, -0.1) is 0 Å². The zero-order chi connectivity index (χ0) is 12.3. The van der Waals surface area contributed by atoms with Gasteiger partial charge in [-0.2, -0.15) is 0 Å². The Labute approximate surface area is 114 Å². The lowest BCUT2D eigenvalue weighted by Crippen LogP contribution is -2.50. The monoisotopic (exact) mass is 350 g/mol. The fourth-order valence-electron chi connectivity index (χ4n) is 1.66. The molecule has 94 valence electrons. The van der Waals surface area contributed by atoms with Crippen molar-refractivity contribution >= 4 is 22.6 Å². The number of alkyl halides is 1. The van der Waals surface area contributed by atoms with Crippen LogP contribution < -0.4 is 0 Å². The summed E-state index contributed by atoms with van der Waals surface area (Å²) in [4.78, 5) is 0. The number of aliphatic hydroxyl groups excluding tert-OH is 2. The summed E-state index contributed by atoms with van der Waals surface area (Å²) in [5, 5.41) is 19.4. The third kappa shape index (κ3) is 3.38. The second-order valence-corrected chi connectivity index (χ2v) is 5.44. The summed E-state index contributed by atoms with van der Waals surface area (Å²) in [5.74, 6) is 0. The molecule has 0 unspecified atom stereocenters. The fourth-order valence-corrected chi connectivity index (χ4v) is 2.21. The van der Waals surface area contributed by atoms with E-state index in [0.29, 0.717) is 6.61 Å². The summed E-state index contributed by atoms with van der Waals surface area (Å²) in [6.07, 6.45) is -2.11. The maximum atomic E-state index is 9.87. The molecule has 1 fully saturated rings. The van der Waals surface area contributed by atoms with Crippen molar-refractivity contribution < 1.29 is 19.7 Å². The van der Waals surface area contributed by atoms with Gasteiger partial charge in [-0.1, -0.05) is 52.9 Å². The van der Waals surface area contributed by atoms with Gasteiger partial charge in [-0.3, -0.25) is 0 Å². The van der Waals surface area contributed by atoms with Gasteiger partial charge in [-0.05, 0) is 5.56 Å². The molecule has 1 aliphatic rings. The van der Waals surface area contributed by atoms with Crippen LogP contribution in [0.25, 0.3) is 0 Å². The number of hydrogen-bond donors (Lipinski definition) is 2. The number of ether oxygens (including phenoxy) is 2. The minimum absolute atomic E-state index is 0.199. The van der Waals surface area contributed by atoms with Crippen LogP contribution in [0.2, 0.25) is 0 Å². The first kappa shape index (κ1) is 13.2. The van der Waals surface area contributed by atoms with Gasteiger partial charge >= 0.3 is 0 Å². The van der Waals surface area contributed by atoms with Crippen molar-refractivity contribution in [2.75, 3.05) is 6.61 Å². The van der Waals surface area contributed by atoms with Crippen molar-refractivity contribution in [2.45, 2.75) is 29.0 Å². The molecule has 5 heteroatoms. The van der Waals surface area contributed by atoms with Crippen LogP contribution in [0.3, 0.4) is 0 Å². The van der Waals surface area contributed by atoms with E-state index in [1.165, 1.54) is 0 Å². The Morgan fingerprint density at radius 2 is 2.00 bits per heavy atom. The molecule has 17 heavy (non-hydrogen) atoms. The van der Waals surface area contributed by atoms with Crippen LogP contribution >= 0.6 is 22.6 Å². The van der Waals surface area contributed by atoms with Crippen molar-refractivity contribution in [1.82, 2.24) is 0 Å². The van der Waals surface area contributed by atoms with E-state index in [9.17, 15) is 10.2 Å². The van der Waals surface area contributed by atoms with Crippen LogP contribution in [0.4, 0.5) is 0 Å². The van der Waals surface area contributed by atoms with E-state index in [0.717, 1.165) is 5.56 Å². The van der Waals surface area contributed by atoms with Gasteiger partial charge in [0, 0.05) is 0 Å². The molecule has 1 heterocycles. The number of benzene rings is 1. The van der Waals surface area contributed by atoms with Crippen molar-refractivity contribution in [1.29, 1.82) is 0 Å². The van der Waals surface area contributed by atoms with E-state index >= 15 is 0 Å². The van der Waals surface area contributed by atoms with Gasteiger partial charge in [-0.25, -0.2) is 0 Å². The molecule has 1 aromatic rings. The molecule has 0 aliphatic carbocycles. The minimum atomic E-state index is -0.803. The van der Waals surface area contributed by atoms with Gasteiger partial charge in [0.05, 0.1) is 23.2 Å². The average molecular weight is 350 g/mol. The van der Waals surface area contributed by atoms with Crippen molar-refractivity contribution in [2.24, 2.45) is 0 Å². The SMILES string of the molecule is O[C@@H]1[C@@H](OCc2ccccc2)OC[C@H](O)[C@H]1I.